The van der Waals surface area contributed by atoms with E-state index < -0.39 is 0 Å². The van der Waals surface area contributed by atoms with Gasteiger partial charge in [0.25, 0.3) is 0 Å². The molecule has 2 rings (SSSR count). The number of ether oxygens (including phenoxy) is 1. The maximum absolute atomic E-state index is 10.8. The standard InChI is InChI=1S/C6H9NO2/c8-6-5-3-4(9-6)1-2-7-5/h4-5,7H,1-3H2/t4-,5+/m1/s1. The topological polar surface area (TPSA) is 38.3 Å². The van der Waals surface area contributed by atoms with Crippen molar-refractivity contribution in [3.8, 4) is 0 Å². The highest BCUT2D eigenvalue weighted by molar-refractivity contribution is 5.78. The summed E-state index contributed by atoms with van der Waals surface area (Å²) in [5.74, 6) is -0.0579. The third kappa shape index (κ3) is 0.721. The van der Waals surface area contributed by atoms with Crippen LogP contribution in [0, 0.1) is 0 Å². The zero-order chi connectivity index (χ0) is 6.27. The van der Waals surface area contributed by atoms with E-state index in [9.17, 15) is 4.79 Å². The van der Waals surface area contributed by atoms with Crippen LogP contribution in [-0.2, 0) is 9.53 Å². The fourth-order valence-corrected chi connectivity index (χ4v) is 1.42. The Balaban J connectivity index is 2.15. The molecule has 50 valence electrons. The average Bonchev–Trinajstić information content (AvgIpc) is 2.09. The number of hydrogen-bond donors (Lipinski definition) is 1. The van der Waals surface area contributed by atoms with E-state index in [4.69, 9.17) is 4.74 Å². The first-order chi connectivity index (χ1) is 4.36. The van der Waals surface area contributed by atoms with Crippen LogP contribution in [0.5, 0.6) is 0 Å². The normalized spacial score (nSPS) is 40.7. The highest BCUT2D eigenvalue weighted by Gasteiger charge is 2.36. The number of fused-ring (bicyclic) bond motifs is 2. The first-order valence-electron chi connectivity index (χ1n) is 3.30. The average molecular weight is 127 g/mol. The first-order valence-corrected chi connectivity index (χ1v) is 3.30. The number of nitrogens with one attached hydrogen (secondary N) is 1. The smallest absolute Gasteiger partial charge is 0.323 e. The van der Waals surface area contributed by atoms with Crippen LogP contribution in [0.2, 0.25) is 0 Å². The second kappa shape index (κ2) is 1.70. The van der Waals surface area contributed by atoms with Crippen molar-refractivity contribution in [2.75, 3.05) is 6.54 Å². The largest absolute Gasteiger partial charge is 0.461 e. The Bertz CT molecular complexity index is 146. The zero-order valence-electron chi connectivity index (χ0n) is 5.09. The van der Waals surface area contributed by atoms with Gasteiger partial charge in [0.05, 0.1) is 0 Å². The summed E-state index contributed by atoms with van der Waals surface area (Å²) in [6.45, 7) is 0.932. The monoisotopic (exact) mass is 127 g/mol. The molecule has 1 N–H and O–H groups in total. The maximum atomic E-state index is 10.8. The molecule has 2 aliphatic heterocycles. The van der Waals surface area contributed by atoms with Crippen LogP contribution in [0.15, 0.2) is 0 Å². The molecule has 0 aromatic carbocycles. The van der Waals surface area contributed by atoms with Gasteiger partial charge in [0.1, 0.15) is 12.1 Å². The Labute approximate surface area is 53.4 Å². The second-order valence-electron chi connectivity index (χ2n) is 2.59. The molecule has 0 saturated carbocycles. The van der Waals surface area contributed by atoms with Gasteiger partial charge in [-0.25, -0.2) is 0 Å². The minimum absolute atomic E-state index is 0.0174. The molecule has 0 radical (unpaired) electrons. The predicted octanol–water partition coefficient (Wildman–Crippen LogP) is -0.336. The fourth-order valence-electron chi connectivity index (χ4n) is 1.42. The van der Waals surface area contributed by atoms with Crippen molar-refractivity contribution < 1.29 is 9.53 Å². The second-order valence-corrected chi connectivity index (χ2v) is 2.59. The van der Waals surface area contributed by atoms with Crippen molar-refractivity contribution in [3.63, 3.8) is 0 Å². The summed E-state index contributed by atoms with van der Waals surface area (Å²) >= 11 is 0. The number of hydrogen-bond acceptors (Lipinski definition) is 3. The van der Waals surface area contributed by atoms with E-state index in [1.807, 2.05) is 0 Å². The van der Waals surface area contributed by atoms with E-state index >= 15 is 0 Å². The molecule has 0 aromatic heterocycles. The predicted molar refractivity (Wildman–Crippen MR) is 30.9 cm³/mol. The molecular weight excluding hydrogens is 118 g/mol. The summed E-state index contributed by atoms with van der Waals surface area (Å²) in [6, 6.07) is 0.0174. The molecule has 2 atom stereocenters. The molecule has 0 unspecified atom stereocenters. The number of carbonyl (C=O) groups excluding carboxylic acids is 1. The Morgan fingerprint density at radius 2 is 2.56 bits per heavy atom. The van der Waals surface area contributed by atoms with Crippen LogP contribution < -0.4 is 5.32 Å². The molecule has 0 aromatic rings. The summed E-state index contributed by atoms with van der Waals surface area (Å²) in [5.41, 5.74) is 0. The van der Waals surface area contributed by atoms with E-state index in [0.717, 1.165) is 19.4 Å². The summed E-state index contributed by atoms with van der Waals surface area (Å²) in [7, 11) is 0. The number of rotatable bonds is 0. The van der Waals surface area contributed by atoms with Crippen LogP contribution >= 0.6 is 0 Å². The van der Waals surface area contributed by atoms with E-state index in [1.54, 1.807) is 0 Å². The molecule has 2 bridgehead atoms. The summed E-state index contributed by atoms with van der Waals surface area (Å²) < 4.78 is 4.98. The van der Waals surface area contributed by atoms with Gasteiger partial charge < -0.3 is 10.1 Å². The first kappa shape index (κ1) is 5.23. The van der Waals surface area contributed by atoms with Gasteiger partial charge in [-0.15, -0.1) is 0 Å². The van der Waals surface area contributed by atoms with Gasteiger partial charge in [-0.3, -0.25) is 4.79 Å². The quantitative estimate of drug-likeness (QED) is 0.452. The van der Waals surface area contributed by atoms with Crippen LogP contribution in [0.1, 0.15) is 12.8 Å². The van der Waals surface area contributed by atoms with E-state index in [0.29, 0.717) is 0 Å². The molecule has 0 spiro atoms. The fraction of sp³-hybridized carbons (Fsp3) is 0.833. The maximum Gasteiger partial charge on any atom is 0.323 e. The van der Waals surface area contributed by atoms with Crippen LogP contribution in [-0.4, -0.2) is 24.7 Å². The van der Waals surface area contributed by atoms with Crippen molar-refractivity contribution in [2.45, 2.75) is 25.0 Å². The Morgan fingerprint density at radius 3 is 3.22 bits per heavy atom. The molecule has 2 fully saturated rings. The lowest BCUT2D eigenvalue weighted by atomic mass is 10.1. The van der Waals surface area contributed by atoms with Crippen LogP contribution in [0.3, 0.4) is 0 Å². The van der Waals surface area contributed by atoms with E-state index in [1.165, 1.54) is 0 Å². The molecule has 2 heterocycles. The molecule has 0 aliphatic carbocycles. The van der Waals surface area contributed by atoms with Crippen molar-refractivity contribution in [1.82, 2.24) is 5.32 Å². The Morgan fingerprint density at radius 1 is 1.67 bits per heavy atom. The van der Waals surface area contributed by atoms with Crippen molar-refractivity contribution in [2.24, 2.45) is 0 Å². The van der Waals surface area contributed by atoms with Crippen LogP contribution in [0.4, 0.5) is 0 Å². The van der Waals surface area contributed by atoms with Gasteiger partial charge >= 0.3 is 5.97 Å². The van der Waals surface area contributed by atoms with E-state index in [-0.39, 0.29) is 18.1 Å². The summed E-state index contributed by atoms with van der Waals surface area (Å²) in [4.78, 5) is 10.8. The summed E-state index contributed by atoms with van der Waals surface area (Å²) in [6.07, 6.45) is 2.10. The summed E-state index contributed by atoms with van der Waals surface area (Å²) in [5, 5.41) is 3.09. The Hall–Kier alpha value is -0.570. The lowest BCUT2D eigenvalue weighted by Gasteiger charge is -2.14. The zero-order valence-corrected chi connectivity index (χ0v) is 5.09. The van der Waals surface area contributed by atoms with Crippen LogP contribution in [0.25, 0.3) is 0 Å². The number of esters is 1. The molecule has 2 saturated heterocycles. The van der Waals surface area contributed by atoms with E-state index in [2.05, 4.69) is 5.32 Å². The minimum atomic E-state index is -0.0579. The molecule has 9 heavy (non-hydrogen) atoms. The van der Waals surface area contributed by atoms with Gasteiger partial charge in [0, 0.05) is 6.42 Å². The molecule has 3 heteroatoms. The third-order valence-electron chi connectivity index (χ3n) is 1.92. The molecular formula is C6H9NO2. The molecule has 0 amide bonds. The lowest BCUT2D eigenvalue weighted by Crippen LogP contribution is -2.36. The number of carbonyl (C=O) groups is 1. The van der Waals surface area contributed by atoms with Gasteiger partial charge in [-0.05, 0) is 13.0 Å². The molecule has 2 aliphatic rings. The highest BCUT2D eigenvalue weighted by Crippen LogP contribution is 2.20. The highest BCUT2D eigenvalue weighted by atomic mass is 16.6. The third-order valence-corrected chi connectivity index (χ3v) is 1.92. The number of piperidine rings is 1. The van der Waals surface area contributed by atoms with Gasteiger partial charge in [-0.2, -0.15) is 0 Å². The molecule has 3 nitrogen and oxygen atoms in total. The van der Waals surface area contributed by atoms with Crippen molar-refractivity contribution in [1.29, 1.82) is 0 Å². The van der Waals surface area contributed by atoms with Crippen molar-refractivity contribution >= 4 is 5.97 Å². The van der Waals surface area contributed by atoms with Gasteiger partial charge in [0.15, 0.2) is 0 Å². The van der Waals surface area contributed by atoms with Gasteiger partial charge in [-0.1, -0.05) is 0 Å². The van der Waals surface area contributed by atoms with Gasteiger partial charge in [0.2, 0.25) is 0 Å². The SMILES string of the molecule is O=C1O[C@@H]2CCN[C@H]1C2. The Kier molecular flexibility index (Phi) is 0.990. The minimum Gasteiger partial charge on any atom is -0.461 e. The lowest BCUT2D eigenvalue weighted by molar-refractivity contribution is -0.141. The van der Waals surface area contributed by atoms with Crippen molar-refractivity contribution in [3.05, 3.63) is 0 Å².